The summed E-state index contributed by atoms with van der Waals surface area (Å²) >= 11 is 0. The summed E-state index contributed by atoms with van der Waals surface area (Å²) in [6.45, 7) is 2.14. The maximum absolute atomic E-state index is 5.83. The lowest BCUT2D eigenvalue weighted by Crippen LogP contribution is -2.02. The first-order valence-corrected chi connectivity index (χ1v) is 6.06. The number of nitrogens with zero attached hydrogens (tertiary/aromatic N) is 1. The van der Waals surface area contributed by atoms with Gasteiger partial charge in [0.15, 0.2) is 0 Å². The lowest BCUT2D eigenvalue weighted by Gasteiger charge is -2.07. The van der Waals surface area contributed by atoms with Gasteiger partial charge in [0.05, 0.1) is 11.8 Å². The van der Waals surface area contributed by atoms with Crippen LogP contribution >= 0.6 is 0 Å². The van der Waals surface area contributed by atoms with E-state index in [0.717, 1.165) is 25.1 Å². The Labute approximate surface area is 90.2 Å². The zero-order valence-corrected chi connectivity index (χ0v) is 9.25. The maximum Gasteiger partial charge on any atom is 0.135 e. The van der Waals surface area contributed by atoms with E-state index in [0.29, 0.717) is 6.10 Å². The van der Waals surface area contributed by atoms with E-state index in [1.165, 1.54) is 30.7 Å². The van der Waals surface area contributed by atoms with E-state index in [4.69, 9.17) is 4.74 Å². The molecule has 2 aliphatic rings. The highest BCUT2D eigenvalue weighted by molar-refractivity contribution is 5.18. The molecular weight excluding hydrogens is 188 g/mol. The molecule has 2 atom stereocenters. The number of hydrogen-bond acceptors (Lipinski definition) is 2. The van der Waals surface area contributed by atoms with E-state index >= 15 is 0 Å². The summed E-state index contributed by atoms with van der Waals surface area (Å²) in [7, 11) is 0. The predicted molar refractivity (Wildman–Crippen MR) is 57.8 cm³/mol. The van der Waals surface area contributed by atoms with Crippen LogP contribution in [0.5, 0.6) is 0 Å². The minimum Gasteiger partial charge on any atom is -0.367 e. The standard InChI is InChI=1S/C12H18N2O/c1-8-6-7-11(15-8)12-13-9-4-2-3-5-10(9)14-12/h8,11H,2-7H2,1H3,(H,13,14). The molecule has 1 N–H and O–H groups in total. The third kappa shape index (κ3) is 1.69. The van der Waals surface area contributed by atoms with E-state index in [-0.39, 0.29) is 6.10 Å². The van der Waals surface area contributed by atoms with Crippen molar-refractivity contribution in [2.24, 2.45) is 0 Å². The van der Waals surface area contributed by atoms with Crippen LogP contribution in [0.25, 0.3) is 0 Å². The Hall–Kier alpha value is -0.830. The number of hydrogen-bond donors (Lipinski definition) is 1. The van der Waals surface area contributed by atoms with Gasteiger partial charge in [-0.15, -0.1) is 0 Å². The summed E-state index contributed by atoms with van der Waals surface area (Å²) in [5.41, 5.74) is 2.65. The van der Waals surface area contributed by atoms with Crippen molar-refractivity contribution in [3.63, 3.8) is 0 Å². The number of aryl methyl sites for hydroxylation is 2. The zero-order valence-electron chi connectivity index (χ0n) is 9.25. The molecule has 3 heteroatoms. The molecule has 0 aromatic carbocycles. The number of imidazole rings is 1. The molecule has 82 valence electrons. The molecule has 0 spiro atoms. The van der Waals surface area contributed by atoms with E-state index in [9.17, 15) is 0 Å². The van der Waals surface area contributed by atoms with Crippen molar-refractivity contribution >= 4 is 0 Å². The lowest BCUT2D eigenvalue weighted by atomic mass is 10.0. The quantitative estimate of drug-likeness (QED) is 0.766. The van der Waals surface area contributed by atoms with Gasteiger partial charge in [-0.2, -0.15) is 0 Å². The van der Waals surface area contributed by atoms with Crippen LogP contribution in [0, 0.1) is 0 Å². The minimum atomic E-state index is 0.227. The van der Waals surface area contributed by atoms with Crippen LogP contribution in [0.15, 0.2) is 0 Å². The van der Waals surface area contributed by atoms with Crippen LogP contribution in [-0.2, 0) is 17.6 Å². The van der Waals surface area contributed by atoms with Gasteiger partial charge in [0.1, 0.15) is 11.9 Å². The van der Waals surface area contributed by atoms with Crippen molar-refractivity contribution in [1.82, 2.24) is 9.97 Å². The van der Waals surface area contributed by atoms with Crippen molar-refractivity contribution < 1.29 is 4.74 Å². The Morgan fingerprint density at radius 3 is 2.87 bits per heavy atom. The molecule has 1 saturated heterocycles. The Morgan fingerprint density at radius 2 is 2.13 bits per heavy atom. The summed E-state index contributed by atoms with van der Waals surface area (Å²) < 4.78 is 5.83. The Bertz CT molecular complexity index is 335. The van der Waals surface area contributed by atoms with Gasteiger partial charge < -0.3 is 9.72 Å². The molecule has 0 saturated carbocycles. The first kappa shape index (κ1) is 9.40. The molecule has 1 aliphatic heterocycles. The van der Waals surface area contributed by atoms with Gasteiger partial charge >= 0.3 is 0 Å². The molecule has 1 aromatic rings. The number of H-pyrrole nitrogens is 1. The Balaban J connectivity index is 1.83. The van der Waals surface area contributed by atoms with E-state index in [1.54, 1.807) is 0 Å². The molecule has 2 unspecified atom stereocenters. The van der Waals surface area contributed by atoms with E-state index in [1.807, 2.05) is 0 Å². The fraction of sp³-hybridized carbons (Fsp3) is 0.750. The third-order valence-corrected chi connectivity index (χ3v) is 3.51. The third-order valence-electron chi connectivity index (χ3n) is 3.51. The van der Waals surface area contributed by atoms with Gasteiger partial charge in [-0.1, -0.05) is 0 Å². The lowest BCUT2D eigenvalue weighted by molar-refractivity contribution is 0.0507. The van der Waals surface area contributed by atoms with Crippen LogP contribution in [0.1, 0.15) is 55.9 Å². The molecule has 1 aliphatic carbocycles. The topological polar surface area (TPSA) is 37.9 Å². The average molecular weight is 206 g/mol. The maximum atomic E-state index is 5.83. The smallest absolute Gasteiger partial charge is 0.135 e. The molecule has 2 heterocycles. The number of rotatable bonds is 1. The van der Waals surface area contributed by atoms with Crippen molar-refractivity contribution in [3.8, 4) is 0 Å². The highest BCUT2D eigenvalue weighted by Gasteiger charge is 2.27. The number of aromatic amines is 1. The molecule has 0 amide bonds. The van der Waals surface area contributed by atoms with Gasteiger partial charge in [-0.25, -0.2) is 4.98 Å². The number of aromatic nitrogens is 2. The predicted octanol–water partition coefficient (Wildman–Crippen LogP) is 2.53. The van der Waals surface area contributed by atoms with Crippen LogP contribution in [0.2, 0.25) is 0 Å². The highest BCUT2D eigenvalue weighted by atomic mass is 16.5. The van der Waals surface area contributed by atoms with Crippen LogP contribution in [0.3, 0.4) is 0 Å². The van der Waals surface area contributed by atoms with Crippen molar-refractivity contribution in [3.05, 3.63) is 17.2 Å². The minimum absolute atomic E-state index is 0.227. The second-order valence-electron chi connectivity index (χ2n) is 4.77. The fourth-order valence-corrected chi connectivity index (χ4v) is 2.63. The van der Waals surface area contributed by atoms with Gasteiger partial charge in [-0.05, 0) is 45.4 Å². The number of ether oxygens (including phenoxy) is 1. The highest BCUT2D eigenvalue weighted by Crippen LogP contribution is 2.32. The first-order valence-electron chi connectivity index (χ1n) is 6.06. The van der Waals surface area contributed by atoms with Gasteiger partial charge in [0.25, 0.3) is 0 Å². The molecule has 0 bridgehead atoms. The molecule has 15 heavy (non-hydrogen) atoms. The summed E-state index contributed by atoms with van der Waals surface area (Å²) in [5.74, 6) is 1.08. The summed E-state index contributed by atoms with van der Waals surface area (Å²) in [4.78, 5) is 8.15. The summed E-state index contributed by atoms with van der Waals surface area (Å²) in [5, 5.41) is 0. The van der Waals surface area contributed by atoms with Gasteiger partial charge in [0, 0.05) is 5.69 Å². The van der Waals surface area contributed by atoms with E-state index in [2.05, 4.69) is 16.9 Å². The summed E-state index contributed by atoms with van der Waals surface area (Å²) in [6, 6.07) is 0. The van der Waals surface area contributed by atoms with Crippen molar-refractivity contribution in [2.75, 3.05) is 0 Å². The second kappa shape index (κ2) is 3.63. The average Bonchev–Trinajstić information content (AvgIpc) is 2.82. The molecule has 1 fully saturated rings. The molecule has 1 aromatic heterocycles. The van der Waals surface area contributed by atoms with Crippen LogP contribution in [0.4, 0.5) is 0 Å². The monoisotopic (exact) mass is 206 g/mol. The molecular formula is C12H18N2O. The van der Waals surface area contributed by atoms with Crippen molar-refractivity contribution in [2.45, 2.75) is 57.7 Å². The summed E-state index contributed by atoms with van der Waals surface area (Å²) in [6.07, 6.45) is 7.82. The zero-order chi connectivity index (χ0) is 10.3. The fourth-order valence-electron chi connectivity index (χ4n) is 2.63. The largest absolute Gasteiger partial charge is 0.367 e. The molecule has 3 nitrogen and oxygen atoms in total. The SMILES string of the molecule is CC1CCC(c2nc3c([nH]2)CCCC3)O1. The van der Waals surface area contributed by atoms with Crippen molar-refractivity contribution in [1.29, 1.82) is 0 Å². The normalized spacial score (nSPS) is 30.5. The Morgan fingerprint density at radius 1 is 1.27 bits per heavy atom. The van der Waals surface area contributed by atoms with E-state index < -0.39 is 0 Å². The Kier molecular flexibility index (Phi) is 2.28. The second-order valence-corrected chi connectivity index (χ2v) is 4.77. The van der Waals surface area contributed by atoms with Crippen LogP contribution in [-0.4, -0.2) is 16.1 Å². The number of fused-ring (bicyclic) bond motifs is 1. The van der Waals surface area contributed by atoms with Gasteiger partial charge in [-0.3, -0.25) is 0 Å². The van der Waals surface area contributed by atoms with Crippen LogP contribution < -0.4 is 0 Å². The molecule has 3 rings (SSSR count). The number of nitrogens with one attached hydrogen (secondary N) is 1. The molecule has 0 radical (unpaired) electrons. The first-order chi connectivity index (χ1) is 7.33. The van der Waals surface area contributed by atoms with Gasteiger partial charge in [0.2, 0.25) is 0 Å².